The normalized spacial score (nSPS) is 10.6. The molecule has 6 heteroatoms. The van der Waals surface area contributed by atoms with Crippen molar-refractivity contribution >= 4 is 21.7 Å². The summed E-state index contributed by atoms with van der Waals surface area (Å²) in [4.78, 5) is 11.3. The molecule has 1 rings (SSSR count). The molecular weight excluding hydrogens is 289 g/mol. The third-order valence-corrected chi connectivity index (χ3v) is 2.18. The van der Waals surface area contributed by atoms with E-state index in [4.69, 9.17) is 0 Å². The Morgan fingerprint density at radius 1 is 1.44 bits per heavy atom. The van der Waals surface area contributed by atoms with E-state index >= 15 is 0 Å². The van der Waals surface area contributed by atoms with E-state index in [-0.39, 0.29) is 17.7 Å². The van der Waals surface area contributed by atoms with Gasteiger partial charge in [0.1, 0.15) is 11.6 Å². The monoisotopic (exact) mass is 296 g/mol. The molecule has 0 amide bonds. The first-order valence-corrected chi connectivity index (χ1v) is 5.50. The Hall–Kier alpha value is -1.04. The van der Waals surface area contributed by atoms with Crippen molar-refractivity contribution < 1.29 is 22.7 Å². The van der Waals surface area contributed by atoms with Gasteiger partial charge in [-0.25, -0.2) is 4.39 Å². The highest BCUT2D eigenvalue weighted by Gasteiger charge is 2.13. The molecule has 0 N–H and O–H groups in total. The number of carbonyl (C=O) groups excluding carboxylic acids is 1. The average Bonchev–Trinajstić information content (AvgIpc) is 2.16. The van der Waals surface area contributed by atoms with Gasteiger partial charge in [-0.3, -0.25) is 4.79 Å². The molecule has 0 spiro atoms. The number of alkyl halides is 3. The van der Waals surface area contributed by atoms with Crippen LogP contribution in [0.1, 0.15) is 16.8 Å². The number of hydrogen-bond acceptors (Lipinski definition) is 2. The zero-order valence-corrected chi connectivity index (χ0v) is 9.64. The van der Waals surface area contributed by atoms with Crippen LogP contribution in [0.25, 0.3) is 0 Å². The number of ketones is 1. The van der Waals surface area contributed by atoms with Gasteiger partial charge in [0.05, 0.1) is 5.56 Å². The molecule has 0 heterocycles. The minimum absolute atomic E-state index is 0.124. The SMILES string of the molecule is O=C(CCBr)c1ccc(OC(F)F)cc1F. The van der Waals surface area contributed by atoms with Gasteiger partial charge >= 0.3 is 6.61 Å². The fourth-order valence-corrected chi connectivity index (χ4v) is 1.48. The average molecular weight is 297 g/mol. The Kier molecular flexibility index (Phi) is 4.79. The summed E-state index contributed by atoms with van der Waals surface area (Å²) < 4.78 is 40.9. The minimum Gasteiger partial charge on any atom is -0.435 e. The highest BCUT2D eigenvalue weighted by molar-refractivity contribution is 9.09. The Balaban J connectivity index is 2.87. The van der Waals surface area contributed by atoms with Crippen LogP contribution in [0.4, 0.5) is 13.2 Å². The van der Waals surface area contributed by atoms with Gasteiger partial charge in [-0.05, 0) is 12.1 Å². The van der Waals surface area contributed by atoms with Crippen molar-refractivity contribution in [3.63, 3.8) is 0 Å². The molecule has 0 unspecified atom stereocenters. The Bertz CT molecular complexity index is 382. The van der Waals surface area contributed by atoms with E-state index in [0.29, 0.717) is 5.33 Å². The summed E-state index contributed by atoms with van der Waals surface area (Å²) in [5.41, 5.74) is -0.124. The highest BCUT2D eigenvalue weighted by atomic mass is 79.9. The molecule has 0 saturated carbocycles. The third-order valence-electron chi connectivity index (χ3n) is 1.79. The lowest BCUT2D eigenvalue weighted by atomic mass is 10.1. The van der Waals surface area contributed by atoms with Crippen LogP contribution in [0.3, 0.4) is 0 Å². The number of carbonyl (C=O) groups is 1. The second-order valence-electron chi connectivity index (χ2n) is 2.88. The fraction of sp³-hybridized carbons (Fsp3) is 0.300. The number of ether oxygens (including phenoxy) is 1. The van der Waals surface area contributed by atoms with E-state index in [1.165, 1.54) is 0 Å². The van der Waals surface area contributed by atoms with Crippen molar-refractivity contribution in [2.24, 2.45) is 0 Å². The van der Waals surface area contributed by atoms with Gasteiger partial charge in [0.2, 0.25) is 0 Å². The number of hydrogen-bond donors (Lipinski definition) is 0. The second-order valence-corrected chi connectivity index (χ2v) is 3.68. The maximum Gasteiger partial charge on any atom is 0.387 e. The van der Waals surface area contributed by atoms with Gasteiger partial charge in [0.25, 0.3) is 0 Å². The third kappa shape index (κ3) is 3.52. The van der Waals surface area contributed by atoms with E-state index in [2.05, 4.69) is 20.7 Å². The zero-order valence-electron chi connectivity index (χ0n) is 8.05. The van der Waals surface area contributed by atoms with E-state index in [1.807, 2.05) is 0 Å². The van der Waals surface area contributed by atoms with Gasteiger partial charge in [-0.15, -0.1) is 0 Å². The molecule has 1 aromatic rings. The summed E-state index contributed by atoms with van der Waals surface area (Å²) in [7, 11) is 0. The summed E-state index contributed by atoms with van der Waals surface area (Å²) >= 11 is 3.05. The zero-order chi connectivity index (χ0) is 12.1. The van der Waals surface area contributed by atoms with Crippen LogP contribution in [0, 0.1) is 5.82 Å². The topological polar surface area (TPSA) is 26.3 Å². The molecular formula is C10H8BrF3O2. The molecule has 0 radical (unpaired) electrons. The van der Waals surface area contributed by atoms with Gasteiger partial charge in [0, 0.05) is 17.8 Å². The lowest BCUT2D eigenvalue weighted by molar-refractivity contribution is -0.0499. The summed E-state index contributed by atoms with van der Waals surface area (Å²) in [6, 6.07) is 3.04. The van der Waals surface area contributed by atoms with Crippen LogP contribution in [-0.2, 0) is 0 Å². The van der Waals surface area contributed by atoms with Crippen LogP contribution in [0.15, 0.2) is 18.2 Å². The first-order chi connectivity index (χ1) is 7.54. The molecule has 0 fully saturated rings. The molecule has 16 heavy (non-hydrogen) atoms. The molecule has 88 valence electrons. The van der Waals surface area contributed by atoms with Crippen LogP contribution < -0.4 is 4.74 Å². The quantitative estimate of drug-likeness (QED) is 0.615. The number of rotatable bonds is 5. The van der Waals surface area contributed by atoms with Gasteiger partial charge in [-0.1, -0.05) is 15.9 Å². The minimum atomic E-state index is -3.01. The maximum absolute atomic E-state index is 13.3. The number of halogens is 4. The number of benzene rings is 1. The van der Waals surface area contributed by atoms with Gasteiger partial charge < -0.3 is 4.74 Å². The van der Waals surface area contributed by atoms with Crippen molar-refractivity contribution in [1.29, 1.82) is 0 Å². The molecule has 0 saturated heterocycles. The Morgan fingerprint density at radius 3 is 2.62 bits per heavy atom. The van der Waals surface area contributed by atoms with E-state index in [9.17, 15) is 18.0 Å². The molecule has 2 nitrogen and oxygen atoms in total. The summed E-state index contributed by atoms with van der Waals surface area (Å²) in [5.74, 6) is -1.55. The summed E-state index contributed by atoms with van der Waals surface area (Å²) in [6.07, 6.45) is 0.145. The van der Waals surface area contributed by atoms with E-state index in [0.717, 1.165) is 18.2 Å². The van der Waals surface area contributed by atoms with Crippen LogP contribution in [0.5, 0.6) is 5.75 Å². The summed E-state index contributed by atoms with van der Waals surface area (Å²) in [5, 5.41) is 0.417. The smallest absolute Gasteiger partial charge is 0.387 e. The molecule has 0 aliphatic carbocycles. The van der Waals surface area contributed by atoms with Crippen LogP contribution in [-0.4, -0.2) is 17.7 Å². The molecule has 0 aromatic heterocycles. The van der Waals surface area contributed by atoms with Crippen molar-refractivity contribution in [3.05, 3.63) is 29.6 Å². The van der Waals surface area contributed by atoms with Gasteiger partial charge in [-0.2, -0.15) is 8.78 Å². The molecule has 1 aromatic carbocycles. The predicted molar refractivity (Wildman–Crippen MR) is 55.8 cm³/mol. The Morgan fingerprint density at radius 2 is 2.12 bits per heavy atom. The standard InChI is InChI=1S/C10H8BrF3O2/c11-4-3-9(15)7-2-1-6(5-8(7)12)16-10(13)14/h1-2,5,10H,3-4H2. The Labute approximate surface area is 98.5 Å². The van der Waals surface area contributed by atoms with Crippen LogP contribution >= 0.6 is 15.9 Å². The second kappa shape index (κ2) is 5.89. The van der Waals surface area contributed by atoms with E-state index < -0.39 is 18.2 Å². The predicted octanol–water partition coefficient (Wildman–Crippen LogP) is 3.39. The fourth-order valence-electron chi connectivity index (χ4n) is 1.12. The van der Waals surface area contributed by atoms with Crippen molar-refractivity contribution in [2.75, 3.05) is 5.33 Å². The first-order valence-electron chi connectivity index (χ1n) is 4.38. The lowest BCUT2D eigenvalue weighted by Crippen LogP contribution is -2.05. The van der Waals surface area contributed by atoms with Crippen molar-refractivity contribution in [1.82, 2.24) is 0 Å². The molecule has 0 aliphatic heterocycles. The molecule has 0 bridgehead atoms. The van der Waals surface area contributed by atoms with Crippen molar-refractivity contribution in [2.45, 2.75) is 13.0 Å². The first kappa shape index (κ1) is 13.0. The number of Topliss-reactive ketones (excluding diaryl/α,β-unsaturated/α-hetero) is 1. The van der Waals surface area contributed by atoms with Crippen LogP contribution in [0.2, 0.25) is 0 Å². The van der Waals surface area contributed by atoms with E-state index in [1.54, 1.807) is 0 Å². The van der Waals surface area contributed by atoms with Gasteiger partial charge in [0.15, 0.2) is 5.78 Å². The summed E-state index contributed by atoms with van der Waals surface area (Å²) in [6.45, 7) is -3.01. The largest absolute Gasteiger partial charge is 0.435 e. The maximum atomic E-state index is 13.3. The van der Waals surface area contributed by atoms with Crippen molar-refractivity contribution in [3.8, 4) is 5.75 Å². The molecule has 0 aliphatic rings. The molecule has 0 atom stereocenters. The lowest BCUT2D eigenvalue weighted by Gasteiger charge is -2.06. The highest BCUT2D eigenvalue weighted by Crippen LogP contribution is 2.19.